The van der Waals surface area contributed by atoms with Gasteiger partial charge < -0.3 is 4.74 Å². The van der Waals surface area contributed by atoms with Gasteiger partial charge in [0.2, 0.25) is 0 Å². The minimum absolute atomic E-state index is 0.105. The molecule has 2 aromatic carbocycles. The van der Waals surface area contributed by atoms with Crippen molar-refractivity contribution < 1.29 is 9.13 Å². The normalized spacial score (nSPS) is 12.2. The van der Waals surface area contributed by atoms with Gasteiger partial charge in [0.1, 0.15) is 11.6 Å². The summed E-state index contributed by atoms with van der Waals surface area (Å²) in [5.74, 6) is 5.96. The minimum atomic E-state index is -0.422. The van der Waals surface area contributed by atoms with Gasteiger partial charge in [-0.05, 0) is 41.8 Å². The summed E-state index contributed by atoms with van der Waals surface area (Å²) in [6, 6.07) is 12.2. The van der Waals surface area contributed by atoms with Gasteiger partial charge in [-0.1, -0.05) is 29.8 Å². The Labute approximate surface area is 122 Å². The number of nitrogens with two attached hydrogens (primary N) is 1. The molecule has 0 saturated carbocycles. The molecule has 20 heavy (non-hydrogen) atoms. The number of benzene rings is 2. The predicted octanol–water partition coefficient (Wildman–Crippen LogP) is 3.23. The fourth-order valence-electron chi connectivity index (χ4n) is 2.03. The van der Waals surface area contributed by atoms with Crippen molar-refractivity contribution in [2.45, 2.75) is 12.5 Å². The number of hydrogen-bond acceptors (Lipinski definition) is 3. The summed E-state index contributed by atoms with van der Waals surface area (Å²) < 4.78 is 18.3. The van der Waals surface area contributed by atoms with Gasteiger partial charge in [-0.2, -0.15) is 0 Å². The highest BCUT2D eigenvalue weighted by Crippen LogP contribution is 2.24. The molecule has 106 valence electrons. The molecule has 3 nitrogen and oxygen atoms in total. The van der Waals surface area contributed by atoms with Crippen LogP contribution in [-0.2, 0) is 6.42 Å². The quantitative estimate of drug-likeness (QED) is 0.657. The van der Waals surface area contributed by atoms with Crippen molar-refractivity contribution >= 4 is 11.6 Å². The molecule has 0 spiro atoms. The molecule has 0 saturated heterocycles. The smallest absolute Gasteiger partial charge is 0.141 e. The first kappa shape index (κ1) is 14.8. The Morgan fingerprint density at radius 2 is 2.10 bits per heavy atom. The molecular weight excluding hydrogens is 279 g/mol. The van der Waals surface area contributed by atoms with Crippen LogP contribution in [0, 0.1) is 5.82 Å². The molecule has 2 rings (SSSR count). The number of halogens is 2. The SMILES string of the molecule is COc1cccc(C(Cc2ccc(F)c(Cl)c2)NN)c1. The number of hydrogen-bond donors (Lipinski definition) is 2. The molecule has 2 aromatic rings. The van der Waals surface area contributed by atoms with Crippen LogP contribution in [0.25, 0.3) is 0 Å². The summed E-state index contributed by atoms with van der Waals surface area (Å²) in [4.78, 5) is 0. The maximum Gasteiger partial charge on any atom is 0.141 e. The molecule has 0 bridgehead atoms. The number of methoxy groups -OCH3 is 1. The lowest BCUT2D eigenvalue weighted by Crippen LogP contribution is -2.29. The van der Waals surface area contributed by atoms with Crippen LogP contribution in [0.3, 0.4) is 0 Å². The fourth-order valence-corrected chi connectivity index (χ4v) is 2.24. The van der Waals surface area contributed by atoms with Crippen LogP contribution in [0.1, 0.15) is 17.2 Å². The fraction of sp³-hybridized carbons (Fsp3) is 0.200. The average Bonchev–Trinajstić information content (AvgIpc) is 2.48. The first-order valence-electron chi connectivity index (χ1n) is 6.18. The lowest BCUT2D eigenvalue weighted by atomic mass is 9.99. The Morgan fingerprint density at radius 1 is 1.30 bits per heavy atom. The van der Waals surface area contributed by atoms with Gasteiger partial charge in [-0.15, -0.1) is 0 Å². The summed E-state index contributed by atoms with van der Waals surface area (Å²) in [5, 5.41) is 0.115. The minimum Gasteiger partial charge on any atom is -0.497 e. The molecule has 0 fully saturated rings. The Balaban J connectivity index is 2.21. The van der Waals surface area contributed by atoms with Crippen molar-refractivity contribution in [1.29, 1.82) is 0 Å². The van der Waals surface area contributed by atoms with E-state index in [-0.39, 0.29) is 11.1 Å². The van der Waals surface area contributed by atoms with E-state index in [1.54, 1.807) is 19.2 Å². The third-order valence-corrected chi connectivity index (χ3v) is 3.41. The highest BCUT2D eigenvalue weighted by molar-refractivity contribution is 6.30. The van der Waals surface area contributed by atoms with Crippen molar-refractivity contribution in [1.82, 2.24) is 5.43 Å². The van der Waals surface area contributed by atoms with Crippen LogP contribution in [-0.4, -0.2) is 7.11 Å². The van der Waals surface area contributed by atoms with Crippen LogP contribution < -0.4 is 16.0 Å². The first-order chi connectivity index (χ1) is 9.63. The molecule has 0 aliphatic carbocycles. The van der Waals surface area contributed by atoms with E-state index in [2.05, 4.69) is 5.43 Å². The number of rotatable bonds is 5. The van der Waals surface area contributed by atoms with Crippen molar-refractivity contribution in [3.8, 4) is 5.75 Å². The monoisotopic (exact) mass is 294 g/mol. The van der Waals surface area contributed by atoms with Crippen LogP contribution in [0.15, 0.2) is 42.5 Å². The molecule has 5 heteroatoms. The van der Waals surface area contributed by atoms with Gasteiger partial charge in [0.15, 0.2) is 0 Å². The molecule has 3 N–H and O–H groups in total. The Bertz CT molecular complexity index is 592. The van der Waals surface area contributed by atoms with Crippen LogP contribution in [0.4, 0.5) is 4.39 Å². The summed E-state index contributed by atoms with van der Waals surface area (Å²) in [5.41, 5.74) is 4.66. The van der Waals surface area contributed by atoms with E-state index >= 15 is 0 Å². The van der Waals surface area contributed by atoms with E-state index in [1.165, 1.54) is 6.07 Å². The zero-order valence-electron chi connectivity index (χ0n) is 11.1. The third kappa shape index (κ3) is 3.48. The lowest BCUT2D eigenvalue weighted by Gasteiger charge is -2.17. The van der Waals surface area contributed by atoms with Gasteiger partial charge in [0, 0.05) is 0 Å². The molecule has 0 radical (unpaired) electrons. The summed E-state index contributed by atoms with van der Waals surface area (Å²) in [6.45, 7) is 0. The van der Waals surface area contributed by atoms with E-state index in [1.807, 2.05) is 24.3 Å². The Hall–Kier alpha value is -1.62. The molecule has 0 aromatic heterocycles. The van der Waals surface area contributed by atoms with E-state index in [0.29, 0.717) is 6.42 Å². The highest BCUT2D eigenvalue weighted by atomic mass is 35.5. The molecule has 0 aliphatic heterocycles. The summed E-state index contributed by atoms with van der Waals surface area (Å²) >= 11 is 5.79. The van der Waals surface area contributed by atoms with E-state index in [9.17, 15) is 4.39 Å². The molecule has 0 amide bonds. The topological polar surface area (TPSA) is 47.3 Å². The molecule has 1 atom stereocenters. The maximum atomic E-state index is 13.2. The zero-order chi connectivity index (χ0) is 14.5. The largest absolute Gasteiger partial charge is 0.497 e. The average molecular weight is 295 g/mol. The van der Waals surface area contributed by atoms with Crippen LogP contribution in [0.5, 0.6) is 5.75 Å². The Kier molecular flexibility index (Phi) is 4.95. The Morgan fingerprint density at radius 3 is 2.75 bits per heavy atom. The number of ether oxygens (including phenoxy) is 1. The highest BCUT2D eigenvalue weighted by Gasteiger charge is 2.12. The van der Waals surface area contributed by atoms with Gasteiger partial charge in [0.05, 0.1) is 18.2 Å². The van der Waals surface area contributed by atoms with Gasteiger partial charge in [-0.3, -0.25) is 11.3 Å². The van der Waals surface area contributed by atoms with Crippen molar-refractivity contribution in [3.05, 3.63) is 64.4 Å². The maximum absolute atomic E-state index is 13.2. The molecule has 0 heterocycles. The van der Waals surface area contributed by atoms with E-state index in [0.717, 1.165) is 16.9 Å². The predicted molar refractivity (Wildman–Crippen MR) is 78.2 cm³/mol. The lowest BCUT2D eigenvalue weighted by molar-refractivity contribution is 0.413. The summed E-state index contributed by atoms with van der Waals surface area (Å²) in [7, 11) is 1.61. The standard InChI is InChI=1S/C15H16ClFN2O/c1-20-12-4-2-3-11(9-12)15(19-18)8-10-5-6-14(17)13(16)7-10/h2-7,9,15,19H,8,18H2,1H3. The first-order valence-corrected chi connectivity index (χ1v) is 6.56. The van der Waals surface area contributed by atoms with Crippen molar-refractivity contribution in [2.75, 3.05) is 7.11 Å². The van der Waals surface area contributed by atoms with Crippen LogP contribution in [0.2, 0.25) is 5.02 Å². The van der Waals surface area contributed by atoms with Crippen LogP contribution >= 0.6 is 11.6 Å². The third-order valence-electron chi connectivity index (χ3n) is 3.12. The molecule has 0 aliphatic rings. The second kappa shape index (κ2) is 6.70. The number of hydrazine groups is 1. The van der Waals surface area contributed by atoms with Gasteiger partial charge in [0.25, 0.3) is 0 Å². The zero-order valence-corrected chi connectivity index (χ0v) is 11.8. The number of nitrogens with one attached hydrogen (secondary N) is 1. The second-order valence-electron chi connectivity index (χ2n) is 4.45. The second-order valence-corrected chi connectivity index (χ2v) is 4.86. The summed E-state index contributed by atoms with van der Waals surface area (Å²) in [6.07, 6.45) is 0.601. The van der Waals surface area contributed by atoms with Crippen molar-refractivity contribution in [3.63, 3.8) is 0 Å². The van der Waals surface area contributed by atoms with Gasteiger partial charge in [-0.25, -0.2) is 4.39 Å². The molecule has 1 unspecified atom stereocenters. The van der Waals surface area contributed by atoms with E-state index < -0.39 is 5.82 Å². The van der Waals surface area contributed by atoms with Gasteiger partial charge >= 0.3 is 0 Å². The van der Waals surface area contributed by atoms with E-state index in [4.69, 9.17) is 22.2 Å². The molecular formula is C15H16ClFN2O. The van der Waals surface area contributed by atoms with Crippen molar-refractivity contribution in [2.24, 2.45) is 5.84 Å².